The van der Waals surface area contributed by atoms with Crippen molar-refractivity contribution in [2.45, 2.75) is 13.8 Å². The van der Waals surface area contributed by atoms with Gasteiger partial charge in [0.1, 0.15) is 5.75 Å². The lowest BCUT2D eigenvalue weighted by Crippen LogP contribution is -2.49. The van der Waals surface area contributed by atoms with Crippen LogP contribution in [0.4, 0.5) is 0 Å². The maximum Gasteiger partial charge on any atom is 0.276 e. The number of nitrogens with one attached hydrogen (secondary N) is 3. The van der Waals surface area contributed by atoms with E-state index in [4.69, 9.17) is 40.2 Å². The molecule has 2 aromatic rings. The first kappa shape index (κ1) is 21.0. The number of hydrazine groups is 1. The van der Waals surface area contributed by atoms with Crippen molar-refractivity contribution in [1.82, 2.24) is 16.2 Å². The summed E-state index contributed by atoms with van der Waals surface area (Å²) in [6.07, 6.45) is 0. The summed E-state index contributed by atoms with van der Waals surface area (Å²) in [5.74, 6) is -0.367. The highest BCUT2D eigenvalue weighted by molar-refractivity contribution is 7.80. The molecule has 0 spiro atoms. The topological polar surface area (TPSA) is 79.5 Å². The normalized spacial score (nSPS) is 10.1. The van der Waals surface area contributed by atoms with E-state index in [1.54, 1.807) is 36.4 Å². The third-order valence-electron chi connectivity index (χ3n) is 3.43. The number of thiocarbonyl (C=S) groups is 1. The van der Waals surface area contributed by atoms with Crippen molar-refractivity contribution in [3.05, 3.63) is 63.1 Å². The van der Waals surface area contributed by atoms with E-state index in [-0.39, 0.29) is 11.7 Å². The first-order chi connectivity index (χ1) is 12.8. The average Bonchev–Trinajstić information content (AvgIpc) is 2.63. The summed E-state index contributed by atoms with van der Waals surface area (Å²) in [6, 6.07) is 9.78. The average molecular weight is 426 g/mol. The van der Waals surface area contributed by atoms with E-state index in [1.807, 2.05) is 13.8 Å². The van der Waals surface area contributed by atoms with Gasteiger partial charge in [-0.05, 0) is 73.6 Å². The first-order valence-electron chi connectivity index (χ1n) is 7.81. The Morgan fingerprint density at radius 3 is 2.22 bits per heavy atom. The minimum Gasteiger partial charge on any atom is -0.484 e. The van der Waals surface area contributed by atoms with Crippen LogP contribution < -0.4 is 20.9 Å². The Labute approximate surface area is 172 Å². The van der Waals surface area contributed by atoms with Gasteiger partial charge >= 0.3 is 0 Å². The number of benzene rings is 2. The number of amides is 2. The number of carbonyl (C=O) groups excluding carboxylic acids is 2. The molecule has 2 rings (SSSR count). The van der Waals surface area contributed by atoms with Gasteiger partial charge in [0.25, 0.3) is 11.8 Å². The zero-order valence-electron chi connectivity index (χ0n) is 14.6. The van der Waals surface area contributed by atoms with Crippen molar-refractivity contribution in [3.8, 4) is 5.75 Å². The van der Waals surface area contributed by atoms with Crippen LogP contribution in [0.1, 0.15) is 21.5 Å². The lowest BCUT2D eigenvalue weighted by atomic mass is 10.1. The molecule has 0 atom stereocenters. The molecule has 2 amide bonds. The molecule has 0 aliphatic rings. The van der Waals surface area contributed by atoms with Crippen LogP contribution in [0.15, 0.2) is 36.4 Å². The number of halogens is 2. The summed E-state index contributed by atoms with van der Waals surface area (Å²) >= 11 is 16.8. The van der Waals surface area contributed by atoms with Gasteiger partial charge in [-0.2, -0.15) is 0 Å². The lowest BCUT2D eigenvalue weighted by Gasteiger charge is -2.12. The van der Waals surface area contributed by atoms with E-state index in [9.17, 15) is 9.59 Å². The largest absolute Gasteiger partial charge is 0.484 e. The molecule has 2 aromatic carbocycles. The van der Waals surface area contributed by atoms with E-state index in [0.717, 1.165) is 11.1 Å². The Morgan fingerprint density at radius 2 is 1.63 bits per heavy atom. The second kappa shape index (κ2) is 9.55. The monoisotopic (exact) mass is 425 g/mol. The minimum atomic E-state index is -0.469. The van der Waals surface area contributed by atoms with Gasteiger partial charge in [-0.15, -0.1) is 0 Å². The summed E-state index contributed by atoms with van der Waals surface area (Å²) in [5, 5.41) is 3.56. The predicted octanol–water partition coefficient (Wildman–Crippen LogP) is 3.32. The Morgan fingerprint density at radius 1 is 1.04 bits per heavy atom. The SMILES string of the molecule is Cc1cc(OCC(=O)NNC(=S)NC(=O)c2ccc(Cl)cc2)cc(C)c1Cl. The molecule has 6 nitrogen and oxygen atoms in total. The van der Waals surface area contributed by atoms with E-state index in [1.165, 1.54) is 0 Å². The van der Waals surface area contributed by atoms with E-state index < -0.39 is 11.8 Å². The van der Waals surface area contributed by atoms with Gasteiger partial charge in [-0.3, -0.25) is 25.8 Å². The number of ether oxygens (including phenoxy) is 1. The molecule has 0 aliphatic heterocycles. The zero-order valence-corrected chi connectivity index (χ0v) is 16.9. The van der Waals surface area contributed by atoms with Gasteiger partial charge in [0.15, 0.2) is 11.7 Å². The summed E-state index contributed by atoms with van der Waals surface area (Å²) in [4.78, 5) is 23.8. The smallest absolute Gasteiger partial charge is 0.276 e. The molecular weight excluding hydrogens is 409 g/mol. The van der Waals surface area contributed by atoms with Gasteiger partial charge in [0.2, 0.25) is 0 Å². The fourth-order valence-electron chi connectivity index (χ4n) is 2.11. The molecule has 0 aliphatic carbocycles. The summed E-state index contributed by atoms with van der Waals surface area (Å²) in [5.41, 5.74) is 6.87. The number of hydrogen-bond donors (Lipinski definition) is 3. The van der Waals surface area contributed by atoms with Crippen molar-refractivity contribution in [2.75, 3.05) is 6.61 Å². The highest BCUT2D eigenvalue weighted by Crippen LogP contribution is 2.25. The number of hydrogen-bond acceptors (Lipinski definition) is 4. The summed E-state index contributed by atoms with van der Waals surface area (Å²) < 4.78 is 5.42. The molecule has 0 saturated carbocycles. The molecule has 27 heavy (non-hydrogen) atoms. The van der Waals surface area contributed by atoms with E-state index >= 15 is 0 Å². The van der Waals surface area contributed by atoms with Crippen LogP contribution in [0.5, 0.6) is 5.75 Å². The second-order valence-corrected chi connectivity index (χ2v) is 6.85. The van der Waals surface area contributed by atoms with Gasteiger partial charge < -0.3 is 4.74 Å². The summed E-state index contributed by atoms with van der Waals surface area (Å²) in [7, 11) is 0. The van der Waals surface area contributed by atoms with E-state index in [0.29, 0.717) is 21.4 Å². The molecule has 0 bridgehead atoms. The Kier molecular flexibility index (Phi) is 7.41. The molecule has 0 unspecified atom stereocenters. The summed E-state index contributed by atoms with van der Waals surface area (Å²) in [6.45, 7) is 3.47. The third kappa shape index (κ3) is 6.39. The molecule has 0 saturated heterocycles. The van der Waals surface area contributed by atoms with Crippen LogP contribution in [-0.4, -0.2) is 23.5 Å². The first-order valence-corrected chi connectivity index (χ1v) is 8.98. The van der Waals surface area contributed by atoms with Crippen LogP contribution >= 0.6 is 35.4 Å². The molecule has 142 valence electrons. The Balaban J connectivity index is 1.77. The van der Waals surface area contributed by atoms with Crippen molar-refractivity contribution in [1.29, 1.82) is 0 Å². The third-order valence-corrected chi connectivity index (χ3v) is 4.48. The predicted molar refractivity (Wildman–Crippen MR) is 109 cm³/mol. The maximum absolute atomic E-state index is 12.0. The fraction of sp³-hybridized carbons (Fsp3) is 0.167. The number of rotatable bonds is 4. The standard InChI is InChI=1S/C18H17Cl2N3O3S/c1-10-7-14(8-11(2)16(10)20)26-9-15(24)22-23-18(27)21-17(25)12-3-5-13(19)6-4-12/h3-8H,9H2,1-2H3,(H,22,24)(H2,21,23,25,27). The van der Waals surface area contributed by atoms with Crippen LogP contribution in [0.3, 0.4) is 0 Å². The molecule has 3 N–H and O–H groups in total. The number of carbonyl (C=O) groups is 2. The molecule has 9 heteroatoms. The van der Waals surface area contributed by atoms with Gasteiger partial charge in [-0.1, -0.05) is 23.2 Å². The quantitative estimate of drug-likeness (QED) is 0.517. The molecule has 0 heterocycles. The Bertz CT molecular complexity index is 850. The van der Waals surface area contributed by atoms with Crippen molar-refractivity contribution in [2.24, 2.45) is 0 Å². The number of aryl methyl sites for hydroxylation is 2. The van der Waals surface area contributed by atoms with Gasteiger partial charge in [0.05, 0.1) is 0 Å². The van der Waals surface area contributed by atoms with Gasteiger partial charge in [-0.25, -0.2) is 0 Å². The Hall–Kier alpha value is -2.35. The molecule has 0 aromatic heterocycles. The highest BCUT2D eigenvalue weighted by atomic mass is 35.5. The zero-order chi connectivity index (χ0) is 20.0. The van der Waals surface area contributed by atoms with Crippen molar-refractivity contribution in [3.63, 3.8) is 0 Å². The lowest BCUT2D eigenvalue weighted by molar-refractivity contribution is -0.123. The van der Waals surface area contributed by atoms with Crippen molar-refractivity contribution >= 4 is 52.3 Å². The van der Waals surface area contributed by atoms with E-state index in [2.05, 4.69) is 16.2 Å². The van der Waals surface area contributed by atoms with Crippen LogP contribution in [0, 0.1) is 13.8 Å². The van der Waals surface area contributed by atoms with Crippen LogP contribution in [0.25, 0.3) is 0 Å². The van der Waals surface area contributed by atoms with Crippen LogP contribution in [0.2, 0.25) is 10.0 Å². The van der Waals surface area contributed by atoms with Crippen LogP contribution in [-0.2, 0) is 4.79 Å². The second-order valence-electron chi connectivity index (χ2n) is 5.62. The highest BCUT2D eigenvalue weighted by Gasteiger charge is 2.10. The minimum absolute atomic E-state index is 0.0542. The van der Waals surface area contributed by atoms with Crippen molar-refractivity contribution < 1.29 is 14.3 Å². The molecular formula is C18H17Cl2N3O3S. The molecule has 0 fully saturated rings. The fourth-order valence-corrected chi connectivity index (χ4v) is 2.49. The maximum atomic E-state index is 12.0. The molecule has 0 radical (unpaired) electrons. The van der Waals surface area contributed by atoms with Gasteiger partial charge in [0, 0.05) is 15.6 Å².